The van der Waals surface area contributed by atoms with Crippen LogP contribution in [0.1, 0.15) is 11.5 Å². The monoisotopic (exact) mass is 221 g/mol. The third kappa shape index (κ3) is 2.34. The van der Waals surface area contributed by atoms with Gasteiger partial charge in [0, 0.05) is 19.0 Å². The van der Waals surface area contributed by atoms with Crippen LogP contribution in [0.15, 0.2) is 30.3 Å². The predicted molar refractivity (Wildman–Crippen MR) is 64.1 cm³/mol. The van der Waals surface area contributed by atoms with Crippen molar-refractivity contribution >= 4 is 17.7 Å². The SMILES string of the molecule is CSCC(=O)N1CC(c2ccccc2)C1. The van der Waals surface area contributed by atoms with Gasteiger partial charge in [-0.2, -0.15) is 11.8 Å². The highest BCUT2D eigenvalue weighted by molar-refractivity contribution is 7.99. The van der Waals surface area contributed by atoms with Crippen LogP contribution in [-0.2, 0) is 4.79 Å². The van der Waals surface area contributed by atoms with Gasteiger partial charge in [-0.1, -0.05) is 30.3 Å². The molecule has 2 rings (SSSR count). The molecule has 0 aromatic heterocycles. The number of carbonyl (C=O) groups is 1. The lowest BCUT2D eigenvalue weighted by atomic mass is 9.91. The summed E-state index contributed by atoms with van der Waals surface area (Å²) >= 11 is 1.59. The number of nitrogens with zero attached hydrogens (tertiary/aromatic N) is 1. The fraction of sp³-hybridized carbons (Fsp3) is 0.417. The van der Waals surface area contributed by atoms with Crippen molar-refractivity contribution in [2.45, 2.75) is 5.92 Å². The lowest BCUT2D eigenvalue weighted by molar-refractivity contribution is -0.132. The molecule has 0 N–H and O–H groups in total. The number of carbonyl (C=O) groups excluding carboxylic acids is 1. The zero-order chi connectivity index (χ0) is 10.7. The van der Waals surface area contributed by atoms with E-state index in [1.807, 2.05) is 17.2 Å². The van der Waals surface area contributed by atoms with E-state index in [0.717, 1.165) is 13.1 Å². The maximum Gasteiger partial charge on any atom is 0.232 e. The van der Waals surface area contributed by atoms with Crippen LogP contribution >= 0.6 is 11.8 Å². The number of likely N-dealkylation sites (tertiary alicyclic amines) is 1. The van der Waals surface area contributed by atoms with Gasteiger partial charge in [0.1, 0.15) is 0 Å². The molecule has 1 aromatic rings. The first-order valence-electron chi connectivity index (χ1n) is 5.13. The van der Waals surface area contributed by atoms with E-state index in [-0.39, 0.29) is 5.91 Å². The van der Waals surface area contributed by atoms with E-state index in [2.05, 4.69) is 24.3 Å². The van der Waals surface area contributed by atoms with Crippen molar-refractivity contribution in [1.82, 2.24) is 4.90 Å². The van der Waals surface area contributed by atoms with Gasteiger partial charge in [0.25, 0.3) is 0 Å². The summed E-state index contributed by atoms with van der Waals surface area (Å²) in [5.41, 5.74) is 1.35. The molecular formula is C12H15NOS. The van der Waals surface area contributed by atoms with Crippen molar-refractivity contribution in [2.75, 3.05) is 25.1 Å². The van der Waals surface area contributed by atoms with E-state index in [1.165, 1.54) is 5.56 Å². The van der Waals surface area contributed by atoms with Crippen molar-refractivity contribution in [3.05, 3.63) is 35.9 Å². The van der Waals surface area contributed by atoms with Crippen LogP contribution in [-0.4, -0.2) is 35.9 Å². The number of hydrogen-bond donors (Lipinski definition) is 0. The Morgan fingerprint density at radius 3 is 2.67 bits per heavy atom. The first-order valence-corrected chi connectivity index (χ1v) is 6.52. The van der Waals surface area contributed by atoms with Crippen molar-refractivity contribution in [1.29, 1.82) is 0 Å². The van der Waals surface area contributed by atoms with Gasteiger partial charge in [0.2, 0.25) is 5.91 Å². The number of rotatable bonds is 3. The van der Waals surface area contributed by atoms with Gasteiger partial charge in [-0.15, -0.1) is 0 Å². The molecule has 1 aliphatic rings. The fourth-order valence-corrected chi connectivity index (χ4v) is 2.26. The van der Waals surface area contributed by atoms with Crippen LogP contribution in [0.4, 0.5) is 0 Å². The maximum atomic E-state index is 11.5. The predicted octanol–water partition coefficient (Wildman–Crippen LogP) is 1.98. The highest BCUT2D eigenvalue weighted by Gasteiger charge is 2.30. The second-order valence-corrected chi connectivity index (χ2v) is 4.71. The largest absolute Gasteiger partial charge is 0.341 e. The third-order valence-corrected chi connectivity index (χ3v) is 3.31. The summed E-state index contributed by atoms with van der Waals surface area (Å²) in [6, 6.07) is 10.4. The van der Waals surface area contributed by atoms with Crippen LogP contribution in [0.2, 0.25) is 0 Å². The minimum absolute atomic E-state index is 0.273. The quantitative estimate of drug-likeness (QED) is 0.778. The number of benzene rings is 1. The highest BCUT2D eigenvalue weighted by atomic mass is 32.2. The average molecular weight is 221 g/mol. The average Bonchev–Trinajstić information content (AvgIpc) is 2.17. The molecule has 0 bridgehead atoms. The lowest BCUT2D eigenvalue weighted by Crippen LogP contribution is -2.49. The second kappa shape index (κ2) is 4.71. The van der Waals surface area contributed by atoms with Crippen LogP contribution < -0.4 is 0 Å². The Labute approximate surface area is 94.7 Å². The van der Waals surface area contributed by atoms with Crippen molar-refractivity contribution in [2.24, 2.45) is 0 Å². The molecule has 0 unspecified atom stereocenters. The lowest BCUT2D eigenvalue weighted by Gasteiger charge is -2.39. The molecule has 1 saturated heterocycles. The summed E-state index contributed by atoms with van der Waals surface area (Å²) in [5.74, 6) is 1.44. The van der Waals surface area contributed by atoms with Gasteiger partial charge in [0.15, 0.2) is 0 Å². The van der Waals surface area contributed by atoms with E-state index in [0.29, 0.717) is 11.7 Å². The molecule has 0 aliphatic carbocycles. The zero-order valence-electron chi connectivity index (χ0n) is 8.85. The summed E-state index contributed by atoms with van der Waals surface area (Å²) in [5, 5.41) is 0. The molecule has 1 heterocycles. The van der Waals surface area contributed by atoms with Crippen molar-refractivity contribution < 1.29 is 4.79 Å². The van der Waals surface area contributed by atoms with Crippen LogP contribution in [0.3, 0.4) is 0 Å². The fourth-order valence-electron chi connectivity index (χ4n) is 1.83. The molecule has 0 atom stereocenters. The van der Waals surface area contributed by atoms with E-state index in [9.17, 15) is 4.79 Å². The van der Waals surface area contributed by atoms with Gasteiger partial charge in [-0.25, -0.2) is 0 Å². The molecule has 15 heavy (non-hydrogen) atoms. The van der Waals surface area contributed by atoms with E-state index in [1.54, 1.807) is 11.8 Å². The van der Waals surface area contributed by atoms with Crippen molar-refractivity contribution in [3.63, 3.8) is 0 Å². The Hall–Kier alpha value is -0.960. The molecule has 80 valence electrons. The summed E-state index contributed by atoms with van der Waals surface area (Å²) < 4.78 is 0. The van der Waals surface area contributed by atoms with Gasteiger partial charge in [-0.05, 0) is 11.8 Å². The molecule has 0 spiro atoms. The standard InChI is InChI=1S/C12H15NOS/c1-15-9-12(14)13-7-11(8-13)10-5-3-2-4-6-10/h2-6,11H,7-9H2,1H3. The van der Waals surface area contributed by atoms with Crippen LogP contribution in [0, 0.1) is 0 Å². The maximum absolute atomic E-state index is 11.5. The third-order valence-electron chi connectivity index (χ3n) is 2.77. The van der Waals surface area contributed by atoms with E-state index >= 15 is 0 Å². The van der Waals surface area contributed by atoms with Gasteiger partial charge in [0.05, 0.1) is 5.75 Å². The second-order valence-electron chi connectivity index (χ2n) is 3.84. The summed E-state index contributed by atoms with van der Waals surface area (Å²) in [7, 11) is 0. The molecule has 0 radical (unpaired) electrons. The first-order chi connectivity index (χ1) is 7.31. The van der Waals surface area contributed by atoms with Crippen LogP contribution in [0.5, 0.6) is 0 Å². The molecule has 0 saturated carbocycles. The Balaban J connectivity index is 1.86. The Kier molecular flexibility index (Phi) is 3.31. The van der Waals surface area contributed by atoms with Gasteiger partial charge >= 0.3 is 0 Å². The van der Waals surface area contributed by atoms with Gasteiger partial charge < -0.3 is 4.90 Å². The number of amides is 1. The summed E-state index contributed by atoms with van der Waals surface area (Å²) in [6.45, 7) is 1.78. The van der Waals surface area contributed by atoms with E-state index in [4.69, 9.17) is 0 Å². The zero-order valence-corrected chi connectivity index (χ0v) is 9.67. The minimum atomic E-state index is 0.273. The molecule has 2 nitrogen and oxygen atoms in total. The molecular weight excluding hydrogens is 206 g/mol. The minimum Gasteiger partial charge on any atom is -0.341 e. The number of thioether (sulfide) groups is 1. The highest BCUT2D eigenvalue weighted by Crippen LogP contribution is 2.26. The molecule has 1 fully saturated rings. The smallest absolute Gasteiger partial charge is 0.232 e. The first kappa shape index (κ1) is 10.6. The molecule has 3 heteroatoms. The summed E-state index contributed by atoms with van der Waals surface area (Å²) in [6.07, 6.45) is 1.96. The Bertz CT molecular complexity index is 333. The Morgan fingerprint density at radius 2 is 2.07 bits per heavy atom. The Morgan fingerprint density at radius 1 is 1.40 bits per heavy atom. The van der Waals surface area contributed by atoms with Crippen LogP contribution in [0.25, 0.3) is 0 Å². The number of hydrogen-bond acceptors (Lipinski definition) is 2. The topological polar surface area (TPSA) is 20.3 Å². The van der Waals surface area contributed by atoms with E-state index < -0.39 is 0 Å². The molecule has 1 aromatic carbocycles. The normalized spacial score (nSPS) is 16.2. The molecule has 1 aliphatic heterocycles. The van der Waals surface area contributed by atoms with Crippen molar-refractivity contribution in [3.8, 4) is 0 Å². The summed E-state index contributed by atoms with van der Waals surface area (Å²) in [4.78, 5) is 13.4. The molecule has 1 amide bonds. The van der Waals surface area contributed by atoms with Gasteiger partial charge in [-0.3, -0.25) is 4.79 Å².